The molecule has 2 fully saturated rings. The first-order chi connectivity index (χ1) is 16.7. The highest BCUT2D eigenvalue weighted by molar-refractivity contribution is 7.21. The van der Waals surface area contributed by atoms with Crippen LogP contribution in [0.2, 0.25) is 0 Å². The third kappa shape index (κ3) is 5.02. The SMILES string of the molecule is CC(C)(C)OC(=O)N1CCN(c2ncc3nc(-c4ccc(N5CC[C@@H](F)C5)nc4)sc3n2)C(=O)C1. The van der Waals surface area contributed by atoms with Crippen molar-refractivity contribution in [3.63, 3.8) is 0 Å². The van der Waals surface area contributed by atoms with E-state index in [0.717, 1.165) is 16.4 Å². The lowest BCUT2D eigenvalue weighted by molar-refractivity contribution is -0.121. The summed E-state index contributed by atoms with van der Waals surface area (Å²) in [5, 5.41) is 0.733. The molecule has 0 aromatic carbocycles. The minimum Gasteiger partial charge on any atom is -0.444 e. The Hall–Kier alpha value is -3.41. The van der Waals surface area contributed by atoms with E-state index in [1.54, 1.807) is 33.2 Å². The van der Waals surface area contributed by atoms with Gasteiger partial charge in [-0.3, -0.25) is 14.6 Å². The van der Waals surface area contributed by atoms with Crippen molar-refractivity contribution >= 4 is 45.5 Å². The van der Waals surface area contributed by atoms with Gasteiger partial charge >= 0.3 is 6.09 Å². The number of carbonyl (C=O) groups is 2. The van der Waals surface area contributed by atoms with Gasteiger partial charge in [0.1, 0.15) is 39.5 Å². The molecular weight excluding hydrogens is 473 g/mol. The second kappa shape index (κ2) is 8.99. The topological polar surface area (TPSA) is 105 Å². The number of alkyl halides is 1. The number of nitrogens with zero attached hydrogens (tertiary/aromatic N) is 7. The molecule has 2 amide bonds. The van der Waals surface area contributed by atoms with Crippen LogP contribution < -0.4 is 9.80 Å². The van der Waals surface area contributed by atoms with Gasteiger partial charge in [0.2, 0.25) is 11.9 Å². The van der Waals surface area contributed by atoms with Crippen LogP contribution >= 0.6 is 11.3 Å². The zero-order chi connectivity index (χ0) is 24.7. The van der Waals surface area contributed by atoms with Gasteiger partial charge in [-0.2, -0.15) is 4.98 Å². The number of hydrogen-bond acceptors (Lipinski definition) is 9. The molecule has 0 unspecified atom stereocenters. The van der Waals surface area contributed by atoms with Gasteiger partial charge in [-0.1, -0.05) is 11.3 Å². The number of fused-ring (bicyclic) bond motifs is 1. The number of thiazole rings is 1. The van der Waals surface area contributed by atoms with Gasteiger partial charge in [0.25, 0.3) is 0 Å². The van der Waals surface area contributed by atoms with E-state index in [1.807, 2.05) is 17.0 Å². The Morgan fingerprint density at radius 3 is 2.63 bits per heavy atom. The molecule has 35 heavy (non-hydrogen) atoms. The number of anilines is 2. The third-order valence-electron chi connectivity index (χ3n) is 5.70. The fraction of sp³-hybridized carbons (Fsp3) is 0.478. The summed E-state index contributed by atoms with van der Waals surface area (Å²) in [6.45, 7) is 6.90. The van der Waals surface area contributed by atoms with Crippen molar-refractivity contribution in [3.8, 4) is 10.6 Å². The van der Waals surface area contributed by atoms with E-state index >= 15 is 0 Å². The number of aromatic nitrogens is 4. The van der Waals surface area contributed by atoms with Gasteiger partial charge in [0.15, 0.2) is 0 Å². The minimum atomic E-state index is -0.805. The van der Waals surface area contributed by atoms with Crippen molar-refractivity contribution in [1.29, 1.82) is 0 Å². The smallest absolute Gasteiger partial charge is 0.410 e. The number of piperazine rings is 1. The van der Waals surface area contributed by atoms with E-state index in [-0.39, 0.29) is 24.9 Å². The lowest BCUT2D eigenvalue weighted by Gasteiger charge is -2.34. The van der Waals surface area contributed by atoms with E-state index in [1.165, 1.54) is 21.1 Å². The Labute approximate surface area is 205 Å². The van der Waals surface area contributed by atoms with Crippen molar-refractivity contribution in [1.82, 2.24) is 24.8 Å². The van der Waals surface area contributed by atoms with Crippen LogP contribution in [0.15, 0.2) is 24.5 Å². The Morgan fingerprint density at radius 2 is 1.97 bits per heavy atom. The van der Waals surface area contributed by atoms with Gasteiger partial charge in [0.05, 0.1) is 12.7 Å². The summed E-state index contributed by atoms with van der Waals surface area (Å²) in [5.41, 5.74) is 0.824. The van der Waals surface area contributed by atoms with Crippen molar-refractivity contribution in [2.24, 2.45) is 0 Å². The maximum Gasteiger partial charge on any atom is 0.410 e. The van der Waals surface area contributed by atoms with Crippen LogP contribution in [-0.4, -0.2) is 81.3 Å². The lowest BCUT2D eigenvalue weighted by atomic mass is 10.2. The molecule has 5 rings (SSSR count). The molecule has 2 aliphatic rings. The molecule has 2 aliphatic heterocycles. The van der Waals surface area contributed by atoms with Crippen LogP contribution in [-0.2, 0) is 9.53 Å². The molecule has 0 aliphatic carbocycles. The number of ether oxygens (including phenoxy) is 1. The molecule has 1 atom stereocenters. The second-order valence-electron chi connectivity index (χ2n) is 9.56. The standard InChI is InChI=1S/C23H26FN7O3S/c1-23(2,3)34-22(33)30-8-9-31(18(32)13-30)21-26-11-16-20(28-21)35-19(27-16)14-4-5-17(25-10-14)29-7-6-15(24)12-29/h4-5,10-11,15H,6-9,12-13H2,1-3H3/t15-/m1/s1. The quantitative estimate of drug-likeness (QED) is 0.541. The summed E-state index contributed by atoms with van der Waals surface area (Å²) in [6.07, 6.45) is 2.54. The van der Waals surface area contributed by atoms with Crippen LogP contribution in [0.5, 0.6) is 0 Å². The zero-order valence-electron chi connectivity index (χ0n) is 19.8. The normalized spacial score (nSPS) is 19.0. The predicted molar refractivity (Wildman–Crippen MR) is 130 cm³/mol. The van der Waals surface area contributed by atoms with Crippen molar-refractivity contribution in [3.05, 3.63) is 24.5 Å². The lowest BCUT2D eigenvalue weighted by Crippen LogP contribution is -2.53. The Kier molecular flexibility index (Phi) is 5.99. The number of carbonyl (C=O) groups excluding carboxylic acids is 2. The fourth-order valence-electron chi connectivity index (χ4n) is 3.97. The monoisotopic (exact) mass is 499 g/mol. The van der Waals surface area contributed by atoms with Gasteiger partial charge in [-0.15, -0.1) is 0 Å². The molecule has 0 bridgehead atoms. The van der Waals surface area contributed by atoms with Gasteiger partial charge in [0, 0.05) is 31.4 Å². The van der Waals surface area contributed by atoms with E-state index in [0.29, 0.717) is 36.4 Å². The average Bonchev–Trinajstić information content (AvgIpc) is 3.43. The maximum absolute atomic E-state index is 13.5. The highest BCUT2D eigenvalue weighted by atomic mass is 32.1. The molecule has 0 spiro atoms. The molecular formula is C23H26FN7O3S. The van der Waals surface area contributed by atoms with Gasteiger partial charge < -0.3 is 9.64 Å². The number of halogens is 1. The van der Waals surface area contributed by atoms with Gasteiger partial charge in [-0.05, 0) is 39.3 Å². The van der Waals surface area contributed by atoms with Crippen molar-refractivity contribution < 1.29 is 18.7 Å². The first-order valence-corrected chi connectivity index (χ1v) is 12.3. The molecule has 184 valence electrons. The summed E-state index contributed by atoms with van der Waals surface area (Å²) < 4.78 is 18.9. The number of pyridine rings is 1. The number of hydrogen-bond donors (Lipinski definition) is 0. The molecule has 5 heterocycles. The first kappa shape index (κ1) is 23.3. The summed E-state index contributed by atoms with van der Waals surface area (Å²) in [4.78, 5) is 48.5. The molecule has 3 aromatic heterocycles. The summed E-state index contributed by atoms with van der Waals surface area (Å²) in [7, 11) is 0. The van der Waals surface area contributed by atoms with E-state index in [9.17, 15) is 14.0 Å². The van der Waals surface area contributed by atoms with Crippen molar-refractivity contribution in [2.75, 3.05) is 42.5 Å². The largest absolute Gasteiger partial charge is 0.444 e. The molecule has 3 aromatic rings. The average molecular weight is 500 g/mol. The van der Waals surface area contributed by atoms with E-state index in [2.05, 4.69) is 19.9 Å². The summed E-state index contributed by atoms with van der Waals surface area (Å²) >= 11 is 1.38. The molecule has 0 N–H and O–H groups in total. The predicted octanol–water partition coefficient (Wildman–Crippen LogP) is 3.28. The van der Waals surface area contributed by atoms with Crippen molar-refractivity contribution in [2.45, 2.75) is 39.0 Å². The minimum absolute atomic E-state index is 0.0948. The number of rotatable bonds is 3. The molecule has 10 nitrogen and oxygen atoms in total. The number of amides is 2. The van der Waals surface area contributed by atoms with Crippen LogP contribution in [0, 0.1) is 0 Å². The molecule has 0 radical (unpaired) electrons. The third-order valence-corrected chi connectivity index (χ3v) is 6.72. The summed E-state index contributed by atoms with van der Waals surface area (Å²) in [6, 6.07) is 3.79. The van der Waals surface area contributed by atoms with E-state index in [4.69, 9.17) is 4.74 Å². The maximum atomic E-state index is 13.5. The second-order valence-corrected chi connectivity index (χ2v) is 10.5. The zero-order valence-corrected chi connectivity index (χ0v) is 20.6. The molecule has 12 heteroatoms. The van der Waals surface area contributed by atoms with Crippen LogP contribution in [0.4, 0.5) is 21.0 Å². The van der Waals surface area contributed by atoms with Gasteiger partial charge in [-0.25, -0.2) is 24.1 Å². The highest BCUT2D eigenvalue weighted by Crippen LogP contribution is 2.31. The van der Waals surface area contributed by atoms with Crippen LogP contribution in [0.3, 0.4) is 0 Å². The molecule has 2 saturated heterocycles. The Balaban J connectivity index is 1.29. The summed E-state index contributed by atoms with van der Waals surface area (Å²) in [5.74, 6) is 0.759. The highest BCUT2D eigenvalue weighted by Gasteiger charge is 2.32. The Morgan fingerprint density at radius 1 is 1.14 bits per heavy atom. The van der Waals surface area contributed by atoms with Crippen LogP contribution in [0.1, 0.15) is 27.2 Å². The Bertz CT molecular complexity index is 1260. The fourth-order valence-corrected chi connectivity index (χ4v) is 4.87. The molecule has 0 saturated carbocycles. The van der Waals surface area contributed by atoms with E-state index < -0.39 is 17.9 Å². The first-order valence-electron chi connectivity index (χ1n) is 11.4. The van der Waals surface area contributed by atoms with Crippen LogP contribution in [0.25, 0.3) is 20.9 Å².